The highest BCUT2D eigenvalue weighted by Gasteiger charge is 2.57. The summed E-state index contributed by atoms with van der Waals surface area (Å²) in [5.41, 5.74) is -2.61. The van der Waals surface area contributed by atoms with Gasteiger partial charge in [0.2, 0.25) is 0 Å². The first-order valence-corrected chi connectivity index (χ1v) is 27.3. The average molecular weight is 1120 g/mol. The Morgan fingerprint density at radius 1 is 0.449 bits per heavy atom. The fraction of sp³-hybridized carbons (Fsp3) is 0.887. The lowest BCUT2D eigenvalue weighted by molar-refractivity contribution is -0.209. The zero-order valence-electron chi connectivity index (χ0n) is 46.4. The molecule has 6 saturated carbocycles. The molecule has 78 heavy (non-hydrogen) atoms. The van der Waals surface area contributed by atoms with Crippen molar-refractivity contribution in [3.63, 3.8) is 0 Å². The lowest BCUT2D eigenvalue weighted by Crippen LogP contribution is -2.58. The summed E-state index contributed by atoms with van der Waals surface area (Å²) in [6.07, 6.45) is 19.1. The molecule has 0 N–H and O–H groups in total. The maximum Gasteiger partial charge on any atom is 0.344 e. The summed E-state index contributed by atoms with van der Waals surface area (Å²) in [6, 6.07) is 0. The van der Waals surface area contributed by atoms with E-state index in [1.54, 1.807) is 13.8 Å². The first-order chi connectivity index (χ1) is 33.8. The lowest BCUT2D eigenvalue weighted by Gasteiger charge is -2.59. The summed E-state index contributed by atoms with van der Waals surface area (Å²) in [5, 5.41) is 0. The van der Waals surface area contributed by atoms with Gasteiger partial charge in [0.25, 0.3) is 0 Å². The SMILES string of the molecule is C.C.C.C.C.C.CCC(C)(C)C(=O)OCC(=O)OCC(=O)OC12CC3CC(CC(C3)C1C)C2.CCC(C)(C)C(=O)OCCOCC(=O)OC1(C)CCCCC1.CCC1(OC(=O)COCCOC(=O)C(C)(C)CC)CCCCC1. The predicted octanol–water partition coefficient (Wildman–Crippen LogP) is 14.0. The van der Waals surface area contributed by atoms with Gasteiger partial charge in [0.15, 0.2) is 13.2 Å². The van der Waals surface area contributed by atoms with Crippen LogP contribution in [0.15, 0.2) is 0 Å². The van der Waals surface area contributed by atoms with Gasteiger partial charge in [-0.2, -0.15) is 0 Å². The number of esters is 7. The van der Waals surface area contributed by atoms with Crippen LogP contribution in [-0.4, -0.2) is 111 Å². The largest absolute Gasteiger partial charge is 0.463 e. The van der Waals surface area contributed by atoms with Crippen molar-refractivity contribution in [2.24, 2.45) is 39.9 Å². The molecule has 0 aromatic rings. The zero-order chi connectivity index (χ0) is 53.8. The van der Waals surface area contributed by atoms with Crippen LogP contribution in [0.1, 0.15) is 250 Å². The number of rotatable bonds is 24. The Kier molecular flexibility index (Phi) is 38.6. The molecule has 6 aliphatic carbocycles. The van der Waals surface area contributed by atoms with Crippen LogP contribution in [-0.2, 0) is 76.2 Å². The van der Waals surface area contributed by atoms with E-state index in [0.717, 1.165) is 83.5 Å². The van der Waals surface area contributed by atoms with E-state index in [1.807, 2.05) is 55.4 Å². The number of carbonyl (C=O) groups excluding carboxylic acids is 7. The van der Waals surface area contributed by atoms with Crippen LogP contribution in [0.25, 0.3) is 0 Å². The van der Waals surface area contributed by atoms with Gasteiger partial charge in [0.05, 0.1) is 29.5 Å². The van der Waals surface area contributed by atoms with Gasteiger partial charge in [0.1, 0.15) is 43.2 Å². The van der Waals surface area contributed by atoms with E-state index in [0.29, 0.717) is 30.1 Å². The molecule has 6 aliphatic rings. The molecule has 0 aliphatic heterocycles. The smallest absolute Gasteiger partial charge is 0.344 e. The van der Waals surface area contributed by atoms with Crippen LogP contribution in [0.3, 0.4) is 0 Å². The van der Waals surface area contributed by atoms with Crippen LogP contribution in [0.5, 0.6) is 0 Å². The first-order valence-electron chi connectivity index (χ1n) is 27.3. The summed E-state index contributed by atoms with van der Waals surface area (Å²) in [7, 11) is 0. The van der Waals surface area contributed by atoms with Gasteiger partial charge in [-0.25, -0.2) is 19.2 Å². The number of ether oxygens (including phenoxy) is 9. The Bertz CT molecular complexity index is 1740. The highest BCUT2D eigenvalue weighted by molar-refractivity contribution is 5.81. The second-order valence-corrected chi connectivity index (χ2v) is 23.3. The fourth-order valence-electron chi connectivity index (χ4n) is 10.4. The molecule has 0 radical (unpaired) electrons. The van der Waals surface area contributed by atoms with Crippen molar-refractivity contribution in [3.8, 4) is 0 Å². The topological polar surface area (TPSA) is 203 Å². The van der Waals surface area contributed by atoms with E-state index in [-0.39, 0.29) is 125 Å². The van der Waals surface area contributed by atoms with Crippen molar-refractivity contribution in [1.82, 2.24) is 0 Å². The van der Waals surface area contributed by atoms with Crippen molar-refractivity contribution in [2.75, 3.05) is 52.9 Å². The molecule has 6 fully saturated rings. The van der Waals surface area contributed by atoms with Crippen molar-refractivity contribution in [3.05, 3.63) is 0 Å². The van der Waals surface area contributed by atoms with E-state index in [2.05, 4.69) is 13.8 Å². The van der Waals surface area contributed by atoms with Crippen molar-refractivity contribution in [2.45, 2.75) is 266 Å². The Hall–Kier alpha value is -3.79. The fourth-order valence-corrected chi connectivity index (χ4v) is 10.4. The monoisotopic (exact) mass is 1120 g/mol. The molecule has 0 aromatic carbocycles. The maximum absolute atomic E-state index is 12.3. The number of hydrogen-bond donors (Lipinski definition) is 0. The van der Waals surface area contributed by atoms with Crippen LogP contribution in [0.2, 0.25) is 0 Å². The average Bonchev–Trinajstić information content (AvgIpc) is 3.34. The molecule has 3 atom stereocenters. The van der Waals surface area contributed by atoms with Crippen molar-refractivity contribution < 1.29 is 76.2 Å². The number of hydrogen-bond acceptors (Lipinski definition) is 16. The standard InChI is InChI=1S/C21H32O6.C18H32O5.C17H30O5.6CH4/c1-5-20(3,4)19(24)26-11-17(22)25-12-18(23)27-21-9-14-6-15(10-21)8-16(7-14)13(21)2;1-5-17(3,4)16(20)22-13-12-21-14-15(19)23-18(6-2)10-8-7-9-11-18;1-5-16(2,3)15(19)21-12-11-20-13-14(18)22-17(4)9-7-6-8-10-17;;;;;;/h13-16H,5-12H2,1-4H3;5-14H2,1-4H3;5-13H2,1-4H3;6*1H4. The Morgan fingerprint density at radius 3 is 1.26 bits per heavy atom. The van der Waals surface area contributed by atoms with Crippen LogP contribution < -0.4 is 0 Å². The molecule has 16 heteroatoms. The molecule has 462 valence electrons. The normalized spacial score (nSPS) is 22.1. The summed E-state index contributed by atoms with van der Waals surface area (Å²) in [6.45, 7) is 22.5. The molecule has 0 saturated heterocycles. The van der Waals surface area contributed by atoms with Crippen LogP contribution in [0, 0.1) is 39.9 Å². The minimum Gasteiger partial charge on any atom is -0.463 e. The van der Waals surface area contributed by atoms with Crippen LogP contribution in [0.4, 0.5) is 0 Å². The minimum absolute atomic E-state index is 0. The van der Waals surface area contributed by atoms with E-state index in [1.165, 1.54) is 32.1 Å². The van der Waals surface area contributed by atoms with E-state index >= 15 is 0 Å². The second-order valence-electron chi connectivity index (χ2n) is 23.3. The van der Waals surface area contributed by atoms with E-state index in [4.69, 9.17) is 42.6 Å². The summed E-state index contributed by atoms with van der Waals surface area (Å²) in [5.74, 6) is -0.497. The zero-order valence-corrected chi connectivity index (χ0v) is 46.4. The Morgan fingerprint density at radius 2 is 0.833 bits per heavy atom. The molecule has 6 rings (SSSR count). The molecule has 0 aromatic heterocycles. The van der Waals surface area contributed by atoms with Gasteiger partial charge in [0, 0.05) is 0 Å². The van der Waals surface area contributed by atoms with Gasteiger partial charge in [-0.05, 0) is 181 Å². The van der Waals surface area contributed by atoms with Crippen LogP contribution >= 0.6 is 0 Å². The molecule has 0 amide bonds. The molecule has 3 unspecified atom stereocenters. The van der Waals surface area contributed by atoms with Crippen molar-refractivity contribution in [1.29, 1.82) is 0 Å². The summed E-state index contributed by atoms with van der Waals surface area (Å²) in [4.78, 5) is 83.2. The van der Waals surface area contributed by atoms with Gasteiger partial charge < -0.3 is 42.6 Å². The van der Waals surface area contributed by atoms with E-state index < -0.39 is 47.4 Å². The van der Waals surface area contributed by atoms with Gasteiger partial charge in [-0.3, -0.25) is 14.4 Å². The van der Waals surface area contributed by atoms with Gasteiger partial charge >= 0.3 is 41.8 Å². The molecule has 0 heterocycles. The third-order valence-corrected chi connectivity index (χ3v) is 16.4. The highest BCUT2D eigenvalue weighted by atomic mass is 16.6. The summed E-state index contributed by atoms with van der Waals surface area (Å²) >= 11 is 0. The third-order valence-electron chi connectivity index (χ3n) is 16.4. The number of carbonyl (C=O) groups is 7. The summed E-state index contributed by atoms with van der Waals surface area (Å²) < 4.78 is 47.8. The molecular formula is C62H118O16. The van der Waals surface area contributed by atoms with Gasteiger partial charge in [-0.1, -0.05) is 92.0 Å². The Labute approximate surface area is 475 Å². The molecular weight excluding hydrogens is 1000 g/mol. The highest BCUT2D eigenvalue weighted by Crippen LogP contribution is 2.59. The van der Waals surface area contributed by atoms with Crippen molar-refractivity contribution >= 4 is 41.8 Å². The predicted molar refractivity (Wildman–Crippen MR) is 309 cm³/mol. The third kappa shape index (κ3) is 25.8. The molecule has 0 spiro atoms. The first kappa shape index (κ1) is 80.7. The second kappa shape index (κ2) is 37.3. The molecule has 16 nitrogen and oxygen atoms in total. The lowest BCUT2D eigenvalue weighted by atomic mass is 9.50. The minimum atomic E-state index is -0.731. The molecule has 4 bridgehead atoms. The Balaban J connectivity index is -0.000000510. The quantitative estimate of drug-likeness (QED) is 0.0501. The van der Waals surface area contributed by atoms with E-state index in [9.17, 15) is 33.6 Å². The van der Waals surface area contributed by atoms with Gasteiger partial charge in [-0.15, -0.1) is 0 Å². The maximum atomic E-state index is 12.3.